The third-order valence-corrected chi connectivity index (χ3v) is 12.1. The summed E-state index contributed by atoms with van der Waals surface area (Å²) in [5.74, 6) is 0.00283. The molecule has 0 saturated heterocycles. The number of ether oxygens (including phenoxy) is 2. The van der Waals surface area contributed by atoms with Crippen molar-refractivity contribution in [2.45, 2.75) is 47.3 Å². The summed E-state index contributed by atoms with van der Waals surface area (Å²) < 4.78 is 92.7. The number of hydrogen-bond donors (Lipinski definition) is 0. The van der Waals surface area contributed by atoms with E-state index in [1.807, 2.05) is 6.92 Å². The van der Waals surface area contributed by atoms with E-state index in [-0.39, 0.29) is 48.6 Å². The Balaban J connectivity index is 2.45. The normalized spacial score (nSPS) is 15.3. The number of unbranched alkanes of at least 4 members (excludes halogenated alkanes) is 2. The molecule has 0 bridgehead atoms. The number of sulfone groups is 1. The molecule has 2 aromatic rings. The fourth-order valence-electron chi connectivity index (χ4n) is 4.28. The molecule has 210 valence electrons. The molecule has 0 aromatic heterocycles. The van der Waals surface area contributed by atoms with Crippen LogP contribution in [0.5, 0.6) is 11.5 Å². The van der Waals surface area contributed by atoms with E-state index < -0.39 is 29.9 Å². The fourth-order valence-corrected chi connectivity index (χ4v) is 8.30. The van der Waals surface area contributed by atoms with Gasteiger partial charge in [-0.3, -0.25) is 0 Å². The van der Waals surface area contributed by atoms with Gasteiger partial charge in [-0.15, -0.1) is 0 Å². The van der Waals surface area contributed by atoms with Gasteiger partial charge in [-0.05, 0) is 36.6 Å². The SMILES string of the molecule is CCCCCC1=C(c2ccc(OC)c(S(=O)(=O)N(C)C)c2)c2cc(S(=O)(=O)N(C)C)c(OC)cc2S1(=O)=O. The quantitative estimate of drug-likeness (QED) is 0.367. The summed E-state index contributed by atoms with van der Waals surface area (Å²) in [7, 11) is -3.85. The van der Waals surface area contributed by atoms with Crippen LogP contribution in [0.15, 0.2) is 49.9 Å². The summed E-state index contributed by atoms with van der Waals surface area (Å²) in [5.41, 5.74) is 0.765. The van der Waals surface area contributed by atoms with Crippen LogP contribution in [0.4, 0.5) is 0 Å². The van der Waals surface area contributed by atoms with Gasteiger partial charge in [-0.2, -0.15) is 0 Å². The predicted molar refractivity (Wildman–Crippen MR) is 145 cm³/mol. The van der Waals surface area contributed by atoms with Crippen LogP contribution in [0.3, 0.4) is 0 Å². The lowest BCUT2D eigenvalue weighted by molar-refractivity contribution is 0.398. The van der Waals surface area contributed by atoms with Crippen molar-refractivity contribution in [3.63, 3.8) is 0 Å². The van der Waals surface area contributed by atoms with Crippen LogP contribution in [0.25, 0.3) is 5.57 Å². The lowest BCUT2D eigenvalue weighted by Crippen LogP contribution is -2.23. The van der Waals surface area contributed by atoms with Crippen LogP contribution in [-0.4, -0.2) is 76.3 Å². The van der Waals surface area contributed by atoms with Gasteiger partial charge in [0.25, 0.3) is 0 Å². The van der Waals surface area contributed by atoms with Crippen molar-refractivity contribution in [2.75, 3.05) is 42.4 Å². The number of benzene rings is 2. The van der Waals surface area contributed by atoms with Gasteiger partial charge in [-0.1, -0.05) is 25.8 Å². The molecule has 0 fully saturated rings. The number of fused-ring (bicyclic) bond motifs is 1. The first-order valence-electron chi connectivity index (χ1n) is 11.9. The monoisotopic (exact) mass is 586 g/mol. The van der Waals surface area contributed by atoms with E-state index in [0.717, 1.165) is 21.5 Å². The van der Waals surface area contributed by atoms with Gasteiger partial charge in [-0.25, -0.2) is 33.9 Å². The largest absolute Gasteiger partial charge is 0.495 e. The number of nitrogens with zero attached hydrogens (tertiary/aromatic N) is 2. The summed E-state index contributed by atoms with van der Waals surface area (Å²) in [6.45, 7) is 2.00. The average molecular weight is 587 g/mol. The molecule has 0 amide bonds. The van der Waals surface area contributed by atoms with Crippen LogP contribution in [-0.2, 0) is 29.9 Å². The van der Waals surface area contributed by atoms with Gasteiger partial charge in [0, 0.05) is 45.4 Å². The summed E-state index contributed by atoms with van der Waals surface area (Å²) in [6, 6.07) is 6.95. The Hall–Kier alpha value is -2.45. The number of hydrogen-bond acceptors (Lipinski definition) is 8. The maximum absolute atomic E-state index is 13.8. The van der Waals surface area contributed by atoms with Crippen molar-refractivity contribution in [1.29, 1.82) is 0 Å². The molecule has 13 heteroatoms. The molecule has 0 saturated carbocycles. The zero-order valence-electron chi connectivity index (χ0n) is 22.6. The lowest BCUT2D eigenvalue weighted by atomic mass is 9.96. The highest BCUT2D eigenvalue weighted by atomic mass is 32.2. The van der Waals surface area contributed by atoms with Crippen LogP contribution < -0.4 is 9.47 Å². The van der Waals surface area contributed by atoms with E-state index in [2.05, 4.69) is 0 Å². The van der Waals surface area contributed by atoms with Crippen molar-refractivity contribution in [3.05, 3.63) is 46.4 Å². The number of rotatable bonds is 11. The van der Waals surface area contributed by atoms with E-state index in [1.54, 1.807) is 6.07 Å². The van der Waals surface area contributed by atoms with Gasteiger partial charge < -0.3 is 9.47 Å². The first kappa shape index (κ1) is 30.1. The van der Waals surface area contributed by atoms with Crippen molar-refractivity contribution in [2.24, 2.45) is 0 Å². The molecule has 0 spiro atoms. The summed E-state index contributed by atoms with van der Waals surface area (Å²) >= 11 is 0. The fraction of sp³-hybridized carbons (Fsp3) is 0.440. The highest BCUT2D eigenvalue weighted by Gasteiger charge is 2.39. The van der Waals surface area contributed by atoms with Crippen LogP contribution in [0.1, 0.15) is 43.7 Å². The maximum atomic E-state index is 13.8. The second kappa shape index (κ2) is 11.0. The second-order valence-electron chi connectivity index (χ2n) is 9.20. The molecule has 1 aliphatic rings. The Morgan fingerprint density at radius 1 is 0.789 bits per heavy atom. The van der Waals surface area contributed by atoms with E-state index in [1.165, 1.54) is 66.7 Å². The summed E-state index contributed by atoms with van der Waals surface area (Å²) in [4.78, 5) is -0.300. The van der Waals surface area contributed by atoms with E-state index in [0.29, 0.717) is 12.0 Å². The minimum absolute atomic E-state index is 0.0820. The van der Waals surface area contributed by atoms with Crippen LogP contribution in [0.2, 0.25) is 0 Å². The maximum Gasteiger partial charge on any atom is 0.246 e. The average Bonchev–Trinajstić information content (AvgIpc) is 3.08. The van der Waals surface area contributed by atoms with Crippen molar-refractivity contribution >= 4 is 35.5 Å². The molecule has 0 unspecified atom stereocenters. The molecular formula is C25H34N2O8S3. The van der Waals surface area contributed by atoms with E-state index >= 15 is 0 Å². The summed E-state index contributed by atoms with van der Waals surface area (Å²) in [6.07, 6.45) is 2.44. The van der Waals surface area contributed by atoms with E-state index in [4.69, 9.17) is 9.47 Å². The molecule has 1 heterocycles. The standard InChI is InChI=1S/C25H34N2O8S3/c1-8-9-10-11-21-25(17-12-13-19(34-6)23(14-17)37(30,31)26(2)3)18-15-24(38(32,33)27(4)5)20(35-7)16-22(18)36(21,28)29/h12-16H,8-11H2,1-7H3. The zero-order chi connectivity index (χ0) is 28.6. The number of allylic oxidation sites excluding steroid dienone is 1. The second-order valence-corrected chi connectivity index (χ2v) is 15.4. The Labute approximate surface area is 225 Å². The smallest absolute Gasteiger partial charge is 0.246 e. The minimum atomic E-state index is -4.02. The van der Waals surface area contributed by atoms with Crippen molar-refractivity contribution in [3.8, 4) is 11.5 Å². The topological polar surface area (TPSA) is 127 Å². The highest BCUT2D eigenvalue weighted by Crippen LogP contribution is 2.48. The van der Waals surface area contributed by atoms with Gasteiger partial charge in [0.15, 0.2) is 0 Å². The molecule has 0 N–H and O–H groups in total. The molecule has 3 rings (SSSR count). The van der Waals surface area contributed by atoms with Crippen molar-refractivity contribution < 1.29 is 34.7 Å². The van der Waals surface area contributed by atoms with Crippen LogP contribution >= 0.6 is 0 Å². The zero-order valence-corrected chi connectivity index (χ0v) is 25.0. The van der Waals surface area contributed by atoms with Gasteiger partial charge in [0.2, 0.25) is 29.9 Å². The first-order chi connectivity index (χ1) is 17.7. The molecular weight excluding hydrogens is 552 g/mol. The number of sulfonamides is 2. The van der Waals surface area contributed by atoms with Gasteiger partial charge >= 0.3 is 0 Å². The summed E-state index contributed by atoms with van der Waals surface area (Å²) in [5, 5.41) is 0. The molecule has 10 nitrogen and oxygen atoms in total. The Bertz CT molecular complexity index is 1590. The van der Waals surface area contributed by atoms with Gasteiger partial charge in [0.1, 0.15) is 21.3 Å². The molecule has 0 atom stereocenters. The Morgan fingerprint density at radius 2 is 1.34 bits per heavy atom. The predicted octanol–water partition coefficient (Wildman–Crippen LogP) is 3.33. The van der Waals surface area contributed by atoms with Gasteiger partial charge in [0.05, 0.1) is 24.0 Å². The Kier molecular flexibility index (Phi) is 8.69. The first-order valence-corrected chi connectivity index (χ1v) is 16.3. The third kappa shape index (κ3) is 5.09. The third-order valence-electron chi connectivity index (χ3n) is 6.40. The Morgan fingerprint density at radius 3 is 1.84 bits per heavy atom. The minimum Gasteiger partial charge on any atom is -0.495 e. The lowest BCUT2D eigenvalue weighted by Gasteiger charge is -2.18. The molecule has 38 heavy (non-hydrogen) atoms. The molecule has 1 aliphatic heterocycles. The molecule has 0 radical (unpaired) electrons. The molecule has 2 aromatic carbocycles. The molecule has 0 aliphatic carbocycles. The van der Waals surface area contributed by atoms with Crippen LogP contribution in [0, 0.1) is 0 Å². The highest BCUT2D eigenvalue weighted by molar-refractivity contribution is 7.96. The number of methoxy groups -OCH3 is 2. The van der Waals surface area contributed by atoms with E-state index in [9.17, 15) is 25.3 Å². The van der Waals surface area contributed by atoms with Crippen molar-refractivity contribution in [1.82, 2.24) is 8.61 Å².